The summed E-state index contributed by atoms with van der Waals surface area (Å²) >= 11 is 0. The lowest BCUT2D eigenvalue weighted by Crippen LogP contribution is -2.11. The van der Waals surface area contributed by atoms with Gasteiger partial charge in [0, 0.05) is 12.8 Å². The first-order valence-electron chi connectivity index (χ1n) is 3.69. The predicted molar refractivity (Wildman–Crippen MR) is 40.5 cm³/mol. The highest BCUT2D eigenvalue weighted by Gasteiger charge is 2.06. The van der Waals surface area contributed by atoms with E-state index in [1.54, 1.807) is 0 Å². The normalized spacial score (nSPS) is 13.1. The first-order valence-corrected chi connectivity index (χ1v) is 3.69. The lowest BCUT2D eigenvalue weighted by atomic mass is 10.1. The molecular formula is C8H15O2. The second-order valence-corrected chi connectivity index (χ2v) is 2.44. The Labute approximate surface area is 62.2 Å². The Balaban J connectivity index is 3.37. The molecule has 2 nitrogen and oxygen atoms in total. The zero-order valence-corrected chi connectivity index (χ0v) is 6.47. The molecule has 1 radical (unpaired) electrons. The van der Waals surface area contributed by atoms with Gasteiger partial charge in [0.15, 0.2) is 0 Å². The van der Waals surface area contributed by atoms with Crippen molar-refractivity contribution in [1.82, 2.24) is 0 Å². The van der Waals surface area contributed by atoms with Crippen LogP contribution in [0.1, 0.15) is 32.6 Å². The fraction of sp³-hybridized carbons (Fsp3) is 0.750. The minimum Gasteiger partial charge on any atom is -0.393 e. The van der Waals surface area contributed by atoms with E-state index in [0.29, 0.717) is 12.8 Å². The molecule has 10 heavy (non-hydrogen) atoms. The lowest BCUT2D eigenvalue weighted by molar-refractivity contribution is -0.120. The van der Waals surface area contributed by atoms with Gasteiger partial charge in [-0.1, -0.05) is 13.3 Å². The summed E-state index contributed by atoms with van der Waals surface area (Å²) in [4.78, 5) is 10.7. The monoisotopic (exact) mass is 143 g/mol. The summed E-state index contributed by atoms with van der Waals surface area (Å²) in [5.74, 6) is 0.0425. The average molecular weight is 143 g/mol. The van der Waals surface area contributed by atoms with E-state index in [2.05, 4.69) is 6.92 Å². The maximum atomic E-state index is 10.7. The fourth-order valence-corrected chi connectivity index (χ4v) is 0.800. The van der Waals surface area contributed by atoms with Gasteiger partial charge < -0.3 is 5.11 Å². The van der Waals surface area contributed by atoms with E-state index in [1.165, 1.54) is 0 Å². The molecule has 0 aromatic heterocycles. The van der Waals surface area contributed by atoms with E-state index in [-0.39, 0.29) is 12.2 Å². The van der Waals surface area contributed by atoms with Gasteiger partial charge in [0.25, 0.3) is 0 Å². The Bertz CT molecular complexity index is 99.4. The lowest BCUT2D eigenvalue weighted by Gasteiger charge is -2.05. The van der Waals surface area contributed by atoms with Crippen molar-refractivity contribution in [2.45, 2.75) is 38.7 Å². The van der Waals surface area contributed by atoms with Crippen LogP contribution in [0.4, 0.5) is 0 Å². The Kier molecular flexibility index (Phi) is 5.22. The molecule has 0 rings (SSSR count). The molecule has 0 aliphatic heterocycles. The molecule has 1 unspecified atom stereocenters. The Morgan fingerprint density at radius 1 is 1.70 bits per heavy atom. The molecular weight excluding hydrogens is 128 g/mol. The van der Waals surface area contributed by atoms with Crippen LogP contribution in [-0.4, -0.2) is 17.0 Å². The van der Waals surface area contributed by atoms with Gasteiger partial charge in [0.2, 0.25) is 0 Å². The largest absolute Gasteiger partial charge is 0.393 e. The van der Waals surface area contributed by atoms with E-state index in [4.69, 9.17) is 5.11 Å². The third kappa shape index (κ3) is 4.50. The van der Waals surface area contributed by atoms with Crippen LogP contribution in [0.15, 0.2) is 0 Å². The molecule has 0 heterocycles. The molecule has 0 fully saturated rings. The van der Waals surface area contributed by atoms with Crippen molar-refractivity contribution < 1.29 is 9.90 Å². The van der Waals surface area contributed by atoms with Crippen LogP contribution < -0.4 is 0 Å². The van der Waals surface area contributed by atoms with Gasteiger partial charge in [0.05, 0.1) is 6.10 Å². The van der Waals surface area contributed by atoms with Crippen molar-refractivity contribution in [2.24, 2.45) is 0 Å². The summed E-state index contributed by atoms with van der Waals surface area (Å²) in [6, 6.07) is 0. The number of aliphatic hydroxyl groups excluding tert-OH is 1. The van der Waals surface area contributed by atoms with E-state index in [9.17, 15) is 4.79 Å². The van der Waals surface area contributed by atoms with Gasteiger partial charge in [-0.2, -0.15) is 0 Å². The number of carbonyl (C=O) groups excluding carboxylic acids is 1. The van der Waals surface area contributed by atoms with Crippen LogP contribution in [0.25, 0.3) is 0 Å². The Hall–Kier alpha value is -0.370. The molecule has 0 spiro atoms. The van der Waals surface area contributed by atoms with Gasteiger partial charge in [-0.25, -0.2) is 0 Å². The molecule has 1 N–H and O–H groups in total. The van der Waals surface area contributed by atoms with E-state index in [1.807, 2.05) is 6.92 Å². The van der Waals surface area contributed by atoms with Gasteiger partial charge in [0.1, 0.15) is 5.78 Å². The molecule has 2 heteroatoms. The van der Waals surface area contributed by atoms with Gasteiger partial charge in [-0.15, -0.1) is 0 Å². The molecule has 1 atom stereocenters. The fourth-order valence-electron chi connectivity index (χ4n) is 0.800. The van der Waals surface area contributed by atoms with Gasteiger partial charge in [-0.05, 0) is 13.3 Å². The number of hydrogen-bond donors (Lipinski definition) is 1. The van der Waals surface area contributed by atoms with E-state index >= 15 is 0 Å². The highest BCUT2D eigenvalue weighted by Crippen LogP contribution is 2.02. The van der Waals surface area contributed by atoms with Crippen LogP contribution in [0, 0.1) is 6.92 Å². The van der Waals surface area contributed by atoms with Crippen molar-refractivity contribution in [3.63, 3.8) is 0 Å². The van der Waals surface area contributed by atoms with Crippen molar-refractivity contribution >= 4 is 5.78 Å². The predicted octanol–water partition coefficient (Wildman–Crippen LogP) is 1.33. The van der Waals surface area contributed by atoms with Crippen LogP contribution in [0.3, 0.4) is 0 Å². The summed E-state index contributed by atoms with van der Waals surface area (Å²) < 4.78 is 0. The number of ketones is 1. The molecule has 0 amide bonds. The van der Waals surface area contributed by atoms with Crippen molar-refractivity contribution in [1.29, 1.82) is 0 Å². The SMILES string of the molecule is [CH2]CC(=O)CC(O)CCC. The van der Waals surface area contributed by atoms with Crippen LogP contribution in [-0.2, 0) is 4.79 Å². The van der Waals surface area contributed by atoms with Gasteiger partial charge >= 0.3 is 0 Å². The smallest absolute Gasteiger partial charge is 0.135 e. The second-order valence-electron chi connectivity index (χ2n) is 2.44. The van der Waals surface area contributed by atoms with Crippen molar-refractivity contribution in [3.05, 3.63) is 6.92 Å². The zero-order chi connectivity index (χ0) is 7.98. The maximum Gasteiger partial charge on any atom is 0.135 e. The summed E-state index contributed by atoms with van der Waals surface area (Å²) in [5, 5.41) is 9.10. The molecule has 0 aliphatic rings. The molecule has 0 saturated carbocycles. The van der Waals surface area contributed by atoms with Crippen LogP contribution >= 0.6 is 0 Å². The number of carbonyl (C=O) groups is 1. The summed E-state index contributed by atoms with van der Waals surface area (Å²) in [5.41, 5.74) is 0. The Morgan fingerprint density at radius 3 is 2.70 bits per heavy atom. The first kappa shape index (κ1) is 9.63. The topological polar surface area (TPSA) is 37.3 Å². The molecule has 59 valence electrons. The minimum atomic E-state index is -0.445. The Morgan fingerprint density at radius 2 is 2.30 bits per heavy atom. The number of Topliss-reactive ketones (excluding diaryl/α,β-unsaturated/α-hetero) is 1. The number of hydrogen-bond acceptors (Lipinski definition) is 2. The maximum absolute atomic E-state index is 10.7. The summed E-state index contributed by atoms with van der Waals surface area (Å²) in [6.07, 6.45) is 1.76. The van der Waals surface area contributed by atoms with Crippen molar-refractivity contribution in [2.75, 3.05) is 0 Å². The summed E-state index contributed by atoms with van der Waals surface area (Å²) in [7, 11) is 0. The minimum absolute atomic E-state index is 0.0425. The van der Waals surface area contributed by atoms with E-state index in [0.717, 1.165) is 6.42 Å². The molecule has 0 aromatic carbocycles. The quantitative estimate of drug-likeness (QED) is 0.630. The summed E-state index contributed by atoms with van der Waals surface area (Å²) in [6.45, 7) is 5.42. The number of aliphatic hydroxyl groups is 1. The zero-order valence-electron chi connectivity index (χ0n) is 6.47. The average Bonchev–Trinajstić information content (AvgIpc) is 1.88. The van der Waals surface area contributed by atoms with Crippen LogP contribution in [0.2, 0.25) is 0 Å². The first-order chi connectivity index (χ1) is 4.70. The molecule has 0 saturated heterocycles. The molecule has 0 aliphatic carbocycles. The number of rotatable bonds is 5. The van der Waals surface area contributed by atoms with E-state index < -0.39 is 6.10 Å². The van der Waals surface area contributed by atoms with Crippen LogP contribution in [0.5, 0.6) is 0 Å². The van der Waals surface area contributed by atoms with Gasteiger partial charge in [-0.3, -0.25) is 4.79 Å². The highest BCUT2D eigenvalue weighted by molar-refractivity contribution is 5.79. The third-order valence-corrected chi connectivity index (χ3v) is 1.36. The molecule has 0 bridgehead atoms. The standard InChI is InChI=1S/C8H15O2/c1-3-5-8(10)6-7(9)4-2/h8,10H,2-6H2,1H3. The van der Waals surface area contributed by atoms with Crippen molar-refractivity contribution in [3.8, 4) is 0 Å². The second kappa shape index (κ2) is 5.42. The highest BCUT2D eigenvalue weighted by atomic mass is 16.3. The third-order valence-electron chi connectivity index (χ3n) is 1.36. The molecule has 0 aromatic rings.